The topological polar surface area (TPSA) is 49.4 Å². The molecule has 0 fully saturated rings. The lowest BCUT2D eigenvalue weighted by Gasteiger charge is -2.18. The molecule has 0 aliphatic rings. The Labute approximate surface area is 145 Å². The van der Waals surface area contributed by atoms with Crippen LogP contribution in [0.15, 0.2) is 42.5 Å². The summed E-state index contributed by atoms with van der Waals surface area (Å²) in [5.41, 5.74) is 1.26. The Morgan fingerprint density at radius 2 is 1.88 bits per heavy atom. The molecule has 0 aliphatic heterocycles. The molecule has 2 aromatic carbocycles. The zero-order valence-electron chi connectivity index (χ0n) is 13.5. The molecule has 4 nitrogen and oxygen atoms in total. The summed E-state index contributed by atoms with van der Waals surface area (Å²) in [5.74, 6) is -0.826. The van der Waals surface area contributed by atoms with Crippen molar-refractivity contribution in [3.05, 3.63) is 64.4 Å². The molecule has 0 heterocycles. The van der Waals surface area contributed by atoms with Gasteiger partial charge in [0.15, 0.2) is 5.78 Å². The Bertz CT molecular complexity index is 744. The van der Waals surface area contributed by atoms with Gasteiger partial charge in [0.05, 0.1) is 12.2 Å². The molecular formula is C18H18ClFN2O2. The van der Waals surface area contributed by atoms with Crippen LogP contribution in [0.2, 0.25) is 5.02 Å². The van der Waals surface area contributed by atoms with Gasteiger partial charge >= 0.3 is 0 Å². The van der Waals surface area contributed by atoms with Gasteiger partial charge in [-0.15, -0.1) is 0 Å². The number of carbonyl (C=O) groups excluding carboxylic acids is 2. The zero-order valence-corrected chi connectivity index (χ0v) is 14.2. The van der Waals surface area contributed by atoms with Crippen LogP contribution in [-0.4, -0.2) is 30.2 Å². The van der Waals surface area contributed by atoms with Crippen molar-refractivity contribution in [2.45, 2.75) is 13.5 Å². The summed E-state index contributed by atoms with van der Waals surface area (Å²) in [6.07, 6.45) is 0. The number of halogens is 2. The van der Waals surface area contributed by atoms with Gasteiger partial charge in [-0.3, -0.25) is 14.5 Å². The molecule has 2 rings (SSSR count). The third kappa shape index (κ3) is 4.63. The molecule has 126 valence electrons. The van der Waals surface area contributed by atoms with Crippen molar-refractivity contribution in [3.63, 3.8) is 0 Å². The minimum atomic E-state index is -0.406. The van der Waals surface area contributed by atoms with Gasteiger partial charge < -0.3 is 5.32 Å². The first-order valence-electron chi connectivity index (χ1n) is 7.39. The number of likely N-dealkylation sites (N-methyl/N-ethyl adjacent to an activating group) is 1. The average molecular weight is 349 g/mol. The number of carbonyl (C=O) groups is 2. The summed E-state index contributed by atoms with van der Waals surface area (Å²) >= 11 is 5.99. The molecule has 1 amide bonds. The van der Waals surface area contributed by atoms with Crippen LogP contribution >= 0.6 is 11.6 Å². The van der Waals surface area contributed by atoms with Gasteiger partial charge in [-0.25, -0.2) is 4.39 Å². The van der Waals surface area contributed by atoms with E-state index in [0.717, 1.165) is 0 Å². The fourth-order valence-electron chi connectivity index (χ4n) is 2.34. The molecule has 24 heavy (non-hydrogen) atoms. The highest BCUT2D eigenvalue weighted by Gasteiger charge is 2.14. The normalized spacial score (nSPS) is 10.7. The van der Waals surface area contributed by atoms with Crippen molar-refractivity contribution in [3.8, 4) is 0 Å². The number of anilines is 1. The molecule has 0 bridgehead atoms. The second-order valence-electron chi connectivity index (χ2n) is 5.52. The highest BCUT2D eigenvalue weighted by atomic mass is 35.5. The molecule has 0 saturated carbocycles. The van der Waals surface area contributed by atoms with Gasteiger partial charge in [-0.2, -0.15) is 0 Å². The minimum absolute atomic E-state index is 0.0386. The molecule has 0 atom stereocenters. The quantitative estimate of drug-likeness (QED) is 0.809. The average Bonchev–Trinajstić information content (AvgIpc) is 2.51. The zero-order chi connectivity index (χ0) is 17.7. The third-order valence-electron chi connectivity index (χ3n) is 3.48. The molecule has 0 spiro atoms. The lowest BCUT2D eigenvalue weighted by Crippen LogP contribution is -2.30. The van der Waals surface area contributed by atoms with Crippen LogP contribution in [0.1, 0.15) is 22.8 Å². The van der Waals surface area contributed by atoms with E-state index in [-0.39, 0.29) is 24.8 Å². The number of rotatable bonds is 6. The van der Waals surface area contributed by atoms with E-state index in [1.807, 2.05) is 0 Å². The number of amides is 1. The summed E-state index contributed by atoms with van der Waals surface area (Å²) in [5, 5.41) is 3.03. The van der Waals surface area contributed by atoms with E-state index >= 15 is 0 Å². The molecule has 2 aromatic rings. The number of para-hydroxylation sites is 1. The first kappa shape index (κ1) is 18.1. The number of benzene rings is 2. The fraction of sp³-hybridized carbons (Fsp3) is 0.222. The first-order chi connectivity index (χ1) is 11.4. The van der Waals surface area contributed by atoms with Crippen LogP contribution in [0, 0.1) is 5.82 Å². The second kappa shape index (κ2) is 8.04. The van der Waals surface area contributed by atoms with Gasteiger partial charge in [0, 0.05) is 22.7 Å². The second-order valence-corrected chi connectivity index (χ2v) is 5.93. The fourth-order valence-corrected chi connectivity index (χ4v) is 2.57. The van der Waals surface area contributed by atoms with Crippen molar-refractivity contribution >= 4 is 29.0 Å². The molecule has 0 unspecified atom stereocenters. The highest BCUT2D eigenvalue weighted by Crippen LogP contribution is 2.20. The Balaban J connectivity index is 2.01. The van der Waals surface area contributed by atoms with Gasteiger partial charge in [-0.05, 0) is 38.2 Å². The van der Waals surface area contributed by atoms with E-state index in [1.165, 1.54) is 19.1 Å². The molecule has 1 N–H and O–H groups in total. The molecule has 0 aliphatic carbocycles. The standard InChI is InChI=1S/C18H18ClFN2O2/c1-12(23)13-6-3-4-9-17(13)21-18(24)11-22(2)10-14-15(19)7-5-8-16(14)20/h3-9H,10-11H2,1-2H3,(H,21,24). The Kier molecular flexibility index (Phi) is 6.06. The monoisotopic (exact) mass is 348 g/mol. The van der Waals surface area contributed by atoms with Crippen LogP contribution in [0.3, 0.4) is 0 Å². The van der Waals surface area contributed by atoms with Crippen molar-refractivity contribution in [2.75, 3.05) is 18.9 Å². The number of hydrogen-bond donors (Lipinski definition) is 1. The van der Waals surface area contributed by atoms with E-state index < -0.39 is 5.82 Å². The Hall–Kier alpha value is -2.24. The molecule has 0 aromatic heterocycles. The predicted octanol–water partition coefficient (Wildman–Crippen LogP) is 3.75. The summed E-state index contributed by atoms with van der Waals surface area (Å²) in [6, 6.07) is 11.3. The summed E-state index contributed by atoms with van der Waals surface area (Å²) in [7, 11) is 1.69. The van der Waals surface area contributed by atoms with Crippen LogP contribution in [0.5, 0.6) is 0 Å². The van der Waals surface area contributed by atoms with E-state index in [9.17, 15) is 14.0 Å². The predicted molar refractivity (Wildman–Crippen MR) is 92.8 cm³/mol. The molecule has 0 radical (unpaired) electrons. The molecule has 0 saturated heterocycles. The summed E-state index contributed by atoms with van der Waals surface area (Å²) in [4.78, 5) is 25.4. The van der Waals surface area contributed by atoms with Crippen molar-refractivity contribution < 1.29 is 14.0 Å². The third-order valence-corrected chi connectivity index (χ3v) is 3.84. The minimum Gasteiger partial charge on any atom is -0.324 e. The van der Waals surface area contributed by atoms with Gasteiger partial charge in [0.1, 0.15) is 5.82 Å². The van der Waals surface area contributed by atoms with E-state index in [1.54, 1.807) is 42.3 Å². The maximum Gasteiger partial charge on any atom is 0.238 e. The number of nitrogens with zero attached hydrogens (tertiary/aromatic N) is 1. The number of Topliss-reactive ketones (excluding diaryl/α,β-unsaturated/α-hetero) is 1. The van der Waals surface area contributed by atoms with Crippen molar-refractivity contribution in [2.24, 2.45) is 0 Å². The number of nitrogens with one attached hydrogen (secondary N) is 1. The molecule has 6 heteroatoms. The van der Waals surface area contributed by atoms with Crippen molar-refractivity contribution in [1.29, 1.82) is 0 Å². The summed E-state index contributed by atoms with van der Waals surface area (Å²) < 4.78 is 13.8. The van der Waals surface area contributed by atoms with Gasteiger partial charge in [0.2, 0.25) is 5.91 Å². The maximum atomic E-state index is 13.8. The maximum absolute atomic E-state index is 13.8. The SMILES string of the molecule is CC(=O)c1ccccc1NC(=O)CN(C)Cc1c(F)cccc1Cl. The Morgan fingerprint density at radius 3 is 2.54 bits per heavy atom. The van der Waals surface area contributed by atoms with E-state index in [0.29, 0.717) is 21.8 Å². The molecular weight excluding hydrogens is 331 g/mol. The lowest BCUT2D eigenvalue weighted by atomic mass is 10.1. The van der Waals surface area contributed by atoms with Gasteiger partial charge in [0.25, 0.3) is 0 Å². The highest BCUT2D eigenvalue weighted by molar-refractivity contribution is 6.31. The van der Waals surface area contributed by atoms with E-state index in [4.69, 9.17) is 11.6 Å². The van der Waals surface area contributed by atoms with Crippen LogP contribution in [0.25, 0.3) is 0 Å². The first-order valence-corrected chi connectivity index (χ1v) is 7.77. The van der Waals surface area contributed by atoms with E-state index in [2.05, 4.69) is 5.32 Å². The lowest BCUT2D eigenvalue weighted by molar-refractivity contribution is -0.117. The van der Waals surface area contributed by atoms with Crippen LogP contribution < -0.4 is 5.32 Å². The number of hydrogen-bond acceptors (Lipinski definition) is 3. The smallest absolute Gasteiger partial charge is 0.238 e. The van der Waals surface area contributed by atoms with Crippen molar-refractivity contribution in [1.82, 2.24) is 4.90 Å². The Morgan fingerprint density at radius 1 is 1.17 bits per heavy atom. The van der Waals surface area contributed by atoms with Crippen LogP contribution in [-0.2, 0) is 11.3 Å². The largest absolute Gasteiger partial charge is 0.324 e. The van der Waals surface area contributed by atoms with Crippen LogP contribution in [0.4, 0.5) is 10.1 Å². The number of ketones is 1. The van der Waals surface area contributed by atoms with Gasteiger partial charge in [-0.1, -0.05) is 29.8 Å². The summed E-state index contributed by atoms with van der Waals surface area (Å²) in [6.45, 7) is 1.68.